The van der Waals surface area contributed by atoms with Crippen molar-refractivity contribution in [2.45, 2.75) is 86.2 Å². The van der Waals surface area contributed by atoms with Crippen LogP contribution in [0.2, 0.25) is 0 Å². The van der Waals surface area contributed by atoms with Crippen LogP contribution in [0.25, 0.3) is 16.0 Å². The zero-order valence-corrected chi connectivity index (χ0v) is 21.9. The molecule has 0 bridgehead atoms. The summed E-state index contributed by atoms with van der Waals surface area (Å²) in [7, 11) is 3.50. The molecule has 1 fully saturated rings. The fourth-order valence-electron chi connectivity index (χ4n) is 3.90. The van der Waals surface area contributed by atoms with Crippen LogP contribution in [0.1, 0.15) is 75.2 Å². The minimum Gasteiger partial charge on any atom is -0.668 e. The van der Waals surface area contributed by atoms with Gasteiger partial charge >= 0.3 is 26.2 Å². The van der Waals surface area contributed by atoms with Crippen molar-refractivity contribution in [1.82, 2.24) is 0 Å². The molecule has 0 N–H and O–H groups in total. The fraction of sp³-hybridized carbons (Fsp3) is 0.955. The van der Waals surface area contributed by atoms with Gasteiger partial charge in [0.1, 0.15) is 0 Å². The average molecular weight is 443 g/mol. The van der Waals surface area contributed by atoms with E-state index >= 15 is 0 Å². The smallest absolute Gasteiger partial charge is 0.668 e. The van der Waals surface area contributed by atoms with Crippen molar-refractivity contribution in [3.8, 4) is 0 Å². The van der Waals surface area contributed by atoms with Crippen molar-refractivity contribution in [2.75, 3.05) is 27.2 Å². The molecule has 3 nitrogen and oxygen atoms in total. The van der Waals surface area contributed by atoms with Crippen LogP contribution in [0, 0.1) is 29.6 Å². The molecule has 0 spiro atoms. The van der Waals surface area contributed by atoms with E-state index in [0.717, 1.165) is 36.8 Å². The Bertz CT molecular complexity index is 314. The summed E-state index contributed by atoms with van der Waals surface area (Å²) in [6, 6.07) is 0. The molecule has 1 rings (SSSR count). The number of nitrogens with zero attached hydrogens (tertiary/aromatic N) is 3. The normalized spacial score (nSPS) is 26.9. The van der Waals surface area contributed by atoms with Crippen LogP contribution >= 0.6 is 0 Å². The number of rotatable bonds is 6. The van der Waals surface area contributed by atoms with Crippen LogP contribution in [-0.2, 0) is 26.2 Å². The topological polar surface area (TPSA) is 42.3 Å². The molecule has 26 heavy (non-hydrogen) atoms. The van der Waals surface area contributed by atoms with Crippen LogP contribution in [0.3, 0.4) is 0 Å². The molecule has 4 unspecified atom stereocenters. The molecule has 4 atom stereocenters. The summed E-state index contributed by atoms with van der Waals surface area (Å²) in [5, 5.41) is 13.1. The monoisotopic (exact) mass is 441 g/mol. The third-order valence-corrected chi connectivity index (χ3v) is 5.32. The Morgan fingerprint density at radius 3 is 1.23 bits per heavy atom. The van der Waals surface area contributed by atoms with E-state index in [9.17, 15) is 0 Å². The van der Waals surface area contributed by atoms with Gasteiger partial charge in [-0.05, 0) is 0 Å². The molecule has 0 radical (unpaired) electrons. The summed E-state index contributed by atoms with van der Waals surface area (Å²) in [4.78, 5) is 0. The first-order chi connectivity index (χ1) is 11.3. The zero-order valence-electron chi connectivity index (χ0n) is 19.5. The third kappa shape index (κ3) is 11.6. The molecule has 1 aliphatic carbocycles. The summed E-state index contributed by atoms with van der Waals surface area (Å²) in [6.45, 7) is 22.5. The van der Waals surface area contributed by atoms with Crippen molar-refractivity contribution in [1.29, 1.82) is 0 Å². The maximum atomic E-state index is 4.80. The second kappa shape index (κ2) is 13.1. The summed E-state index contributed by atoms with van der Waals surface area (Å²) in [5.74, 6) is 4.79. The molecule has 0 aromatic carbocycles. The van der Waals surface area contributed by atoms with Crippen molar-refractivity contribution in [2.24, 2.45) is 23.7 Å². The number of hydrogen-bond donors (Lipinski definition) is 0. The second-order valence-corrected chi connectivity index (χ2v) is 9.80. The first-order valence-corrected chi connectivity index (χ1v) is 10.0. The predicted molar refractivity (Wildman–Crippen MR) is 115 cm³/mol. The van der Waals surface area contributed by atoms with Gasteiger partial charge in [0.2, 0.25) is 0 Å². The summed E-state index contributed by atoms with van der Waals surface area (Å²) in [6.07, 6.45) is 2.45. The fourth-order valence-corrected chi connectivity index (χ4v) is 3.90. The van der Waals surface area contributed by atoms with E-state index in [1.807, 2.05) is 0 Å². The second-order valence-electron chi connectivity index (χ2n) is 9.80. The number of hydrogen-bond acceptors (Lipinski definition) is 0. The van der Waals surface area contributed by atoms with Gasteiger partial charge in [-0.1, -0.05) is 80.1 Å². The SMILES string of the molecule is C[C-]1C(CC[N-]C(C)(C)C)C(C)C(C)C1CC[N-]C(C)(C)C.C[N-]C.[Zr+4]. The molecular formula is C22H45N3Zr. The summed E-state index contributed by atoms with van der Waals surface area (Å²) < 4.78 is 0. The standard InChI is InChI=1S/C20H39N2.C2H6N.Zr/c1-14-15(2)18(11-13-22-20(7,8)9)16(3)17(14)10-12-21-19(4,5)6;1-3-2;/h14-15,17-18H,10-13H2,1-9H3;1-2H3;/q-3;-1;+4. The van der Waals surface area contributed by atoms with Crippen molar-refractivity contribution in [3.63, 3.8) is 0 Å². The third-order valence-electron chi connectivity index (χ3n) is 5.32. The quantitative estimate of drug-likeness (QED) is 0.404. The van der Waals surface area contributed by atoms with E-state index in [4.69, 9.17) is 10.6 Å². The largest absolute Gasteiger partial charge is 4.00 e. The van der Waals surface area contributed by atoms with Gasteiger partial charge < -0.3 is 21.9 Å². The first-order valence-electron chi connectivity index (χ1n) is 10.0. The van der Waals surface area contributed by atoms with Gasteiger partial charge in [-0.2, -0.15) is 45.9 Å². The van der Waals surface area contributed by atoms with E-state index in [2.05, 4.69) is 67.6 Å². The van der Waals surface area contributed by atoms with Gasteiger partial charge in [-0.3, -0.25) is 0 Å². The Hall–Kier alpha value is 0.763. The molecule has 0 aliphatic heterocycles. The Morgan fingerprint density at radius 2 is 1.00 bits per heavy atom. The van der Waals surface area contributed by atoms with Gasteiger partial charge in [-0.25, -0.2) is 0 Å². The van der Waals surface area contributed by atoms with E-state index < -0.39 is 0 Å². The molecule has 1 saturated carbocycles. The van der Waals surface area contributed by atoms with Crippen LogP contribution in [0.5, 0.6) is 0 Å². The average Bonchev–Trinajstić information content (AvgIpc) is 2.63. The Labute approximate surface area is 184 Å². The van der Waals surface area contributed by atoms with Gasteiger partial charge in [-0.15, -0.1) is 11.1 Å². The molecule has 0 amide bonds. The molecular weight excluding hydrogens is 397 g/mol. The van der Waals surface area contributed by atoms with E-state index in [0.29, 0.717) is 0 Å². The van der Waals surface area contributed by atoms with Crippen molar-refractivity contribution < 1.29 is 26.2 Å². The van der Waals surface area contributed by atoms with Gasteiger partial charge in [0, 0.05) is 0 Å². The molecule has 0 aromatic heterocycles. The van der Waals surface area contributed by atoms with Crippen LogP contribution in [0.4, 0.5) is 0 Å². The Morgan fingerprint density at radius 1 is 0.731 bits per heavy atom. The molecule has 0 heterocycles. The van der Waals surface area contributed by atoms with Gasteiger partial charge in [0.05, 0.1) is 0 Å². The summed E-state index contributed by atoms with van der Waals surface area (Å²) in [5.41, 5.74) is 0.207. The van der Waals surface area contributed by atoms with E-state index in [1.54, 1.807) is 20.0 Å². The van der Waals surface area contributed by atoms with Crippen molar-refractivity contribution >= 4 is 0 Å². The van der Waals surface area contributed by atoms with Crippen LogP contribution < -0.4 is 0 Å². The maximum Gasteiger partial charge on any atom is 4.00 e. The Kier molecular flexibility index (Phi) is 14.6. The van der Waals surface area contributed by atoms with Crippen LogP contribution in [-0.4, -0.2) is 38.3 Å². The van der Waals surface area contributed by atoms with Crippen molar-refractivity contribution in [3.05, 3.63) is 21.9 Å². The molecule has 4 heteroatoms. The van der Waals surface area contributed by atoms with Gasteiger partial charge in [0.15, 0.2) is 0 Å². The van der Waals surface area contributed by atoms with E-state index in [-0.39, 0.29) is 37.3 Å². The Balaban J connectivity index is 0. The predicted octanol–water partition coefficient (Wildman–Crippen LogP) is 6.84. The molecule has 1 aliphatic rings. The molecule has 0 saturated heterocycles. The minimum atomic E-state index is 0. The first kappa shape index (κ1) is 29.0. The summed E-state index contributed by atoms with van der Waals surface area (Å²) >= 11 is 0. The zero-order chi connectivity index (χ0) is 19.8. The van der Waals surface area contributed by atoms with E-state index in [1.165, 1.54) is 12.8 Å². The molecule has 152 valence electrons. The minimum absolute atomic E-state index is 0. The van der Waals surface area contributed by atoms with Gasteiger partial charge in [0.25, 0.3) is 0 Å². The maximum absolute atomic E-state index is 4.80. The molecule has 0 aromatic rings. The van der Waals surface area contributed by atoms with Crippen LogP contribution in [0.15, 0.2) is 0 Å².